The Bertz CT molecular complexity index is 929. The molecule has 27 heavy (non-hydrogen) atoms. The van der Waals surface area contributed by atoms with Gasteiger partial charge in [0, 0.05) is 16.9 Å². The van der Waals surface area contributed by atoms with Crippen LogP contribution in [0.15, 0.2) is 53.4 Å². The number of carbonyl (C=O) groups excluding carboxylic acids is 3. The number of anilines is 1. The Balaban J connectivity index is 1.93. The molecule has 0 N–H and O–H groups in total. The van der Waals surface area contributed by atoms with Crippen molar-refractivity contribution in [2.75, 3.05) is 4.90 Å². The monoisotopic (exact) mass is 394 g/mol. The molecule has 5 nitrogen and oxygen atoms in total. The van der Waals surface area contributed by atoms with Crippen LogP contribution in [0.2, 0.25) is 0 Å². The summed E-state index contributed by atoms with van der Waals surface area (Å²) in [4.78, 5) is 36.8. The highest BCUT2D eigenvalue weighted by Gasteiger charge is 2.44. The second kappa shape index (κ2) is 7.07. The molecular formula is C18H11F3NO4S-. The zero-order valence-corrected chi connectivity index (χ0v) is 14.3. The summed E-state index contributed by atoms with van der Waals surface area (Å²) in [6, 6.07) is 10.1. The third-order valence-electron chi connectivity index (χ3n) is 3.93. The van der Waals surface area contributed by atoms with E-state index in [0.29, 0.717) is 4.90 Å². The third-order valence-corrected chi connectivity index (χ3v) is 5.19. The first kappa shape index (κ1) is 19.0. The van der Waals surface area contributed by atoms with E-state index in [1.54, 1.807) is 6.07 Å². The summed E-state index contributed by atoms with van der Waals surface area (Å²) < 4.78 is 39.6. The molecule has 1 fully saturated rings. The summed E-state index contributed by atoms with van der Waals surface area (Å²) in [5.74, 6) is -3.05. The van der Waals surface area contributed by atoms with Gasteiger partial charge in [0.05, 0.1) is 22.5 Å². The Kier molecular flexibility index (Phi) is 4.97. The van der Waals surface area contributed by atoms with Crippen molar-refractivity contribution in [3.63, 3.8) is 0 Å². The number of nitrogens with zero attached hydrogens (tertiary/aromatic N) is 1. The van der Waals surface area contributed by atoms with Crippen molar-refractivity contribution in [3.8, 4) is 0 Å². The number of carboxylic acid groups (broad SMARTS) is 1. The summed E-state index contributed by atoms with van der Waals surface area (Å²) in [5.41, 5.74) is -1.78. The summed E-state index contributed by atoms with van der Waals surface area (Å²) in [6.07, 6.45) is -5.07. The normalized spacial score (nSPS) is 17.4. The summed E-state index contributed by atoms with van der Waals surface area (Å²) in [6.45, 7) is 0. The van der Waals surface area contributed by atoms with Crippen molar-refractivity contribution in [2.45, 2.75) is 22.7 Å². The fourth-order valence-corrected chi connectivity index (χ4v) is 3.92. The lowest BCUT2D eigenvalue weighted by Gasteiger charge is -2.20. The summed E-state index contributed by atoms with van der Waals surface area (Å²) in [5, 5.41) is 10.1. The van der Waals surface area contributed by atoms with Crippen molar-refractivity contribution in [3.05, 3.63) is 59.7 Å². The van der Waals surface area contributed by atoms with Crippen molar-refractivity contribution < 1.29 is 32.7 Å². The molecule has 1 heterocycles. The quantitative estimate of drug-likeness (QED) is 0.745. The predicted molar refractivity (Wildman–Crippen MR) is 89.0 cm³/mol. The van der Waals surface area contributed by atoms with Gasteiger partial charge in [0.2, 0.25) is 11.8 Å². The van der Waals surface area contributed by atoms with Gasteiger partial charge in [0.1, 0.15) is 0 Å². The number of hydrogen-bond donors (Lipinski definition) is 0. The fourth-order valence-electron chi connectivity index (χ4n) is 2.75. The lowest BCUT2D eigenvalue weighted by Crippen LogP contribution is -2.33. The van der Waals surface area contributed by atoms with Crippen molar-refractivity contribution >= 4 is 35.2 Å². The predicted octanol–water partition coefficient (Wildman–Crippen LogP) is 2.49. The Morgan fingerprint density at radius 3 is 2.37 bits per heavy atom. The standard InChI is InChI=1S/C18H12F3NO4S/c19-18(20,21)11-6-2-3-7-12(11)22-15(23)9-14(16(22)24)27-13-8-4-1-5-10(13)17(25)26/h1-8,14H,9H2,(H,25,26)/p-1/t14-/m1/s1. The van der Waals surface area contributed by atoms with Crippen LogP contribution in [0.4, 0.5) is 18.9 Å². The molecule has 1 atom stereocenters. The molecule has 0 unspecified atom stereocenters. The molecule has 1 aliphatic rings. The van der Waals surface area contributed by atoms with Crippen LogP contribution in [0.3, 0.4) is 0 Å². The highest BCUT2D eigenvalue weighted by atomic mass is 32.2. The summed E-state index contributed by atoms with van der Waals surface area (Å²) >= 11 is 0.816. The van der Waals surface area contributed by atoms with Crippen LogP contribution in [0, 0.1) is 0 Å². The molecule has 1 saturated heterocycles. The van der Waals surface area contributed by atoms with Crippen LogP contribution in [-0.2, 0) is 15.8 Å². The first-order valence-corrected chi connectivity index (χ1v) is 8.58. The SMILES string of the molecule is O=C([O-])c1ccccc1S[C@@H]1CC(=O)N(c2ccccc2C(F)(F)F)C1=O. The van der Waals surface area contributed by atoms with Gasteiger partial charge in [-0.25, -0.2) is 4.90 Å². The van der Waals surface area contributed by atoms with Crippen molar-refractivity contribution in [2.24, 2.45) is 0 Å². The third kappa shape index (κ3) is 3.68. The number of halogens is 3. The number of carbonyl (C=O) groups is 3. The maximum atomic E-state index is 13.2. The number of carboxylic acids is 1. The molecule has 0 aliphatic carbocycles. The number of alkyl halides is 3. The van der Waals surface area contributed by atoms with E-state index in [1.165, 1.54) is 30.3 Å². The van der Waals surface area contributed by atoms with Crippen LogP contribution in [-0.4, -0.2) is 23.0 Å². The maximum Gasteiger partial charge on any atom is 0.418 e. The minimum absolute atomic E-state index is 0.156. The van der Waals surface area contributed by atoms with Gasteiger partial charge < -0.3 is 9.90 Å². The molecule has 0 aromatic heterocycles. The number of para-hydroxylation sites is 1. The number of thioether (sulfide) groups is 1. The van der Waals surface area contributed by atoms with Crippen LogP contribution in [0.25, 0.3) is 0 Å². The fraction of sp³-hybridized carbons (Fsp3) is 0.167. The molecule has 0 radical (unpaired) electrons. The van der Waals surface area contributed by atoms with Crippen LogP contribution < -0.4 is 10.0 Å². The first-order chi connectivity index (χ1) is 12.7. The van der Waals surface area contributed by atoms with E-state index in [1.807, 2.05) is 0 Å². The average molecular weight is 394 g/mol. The molecule has 2 aromatic carbocycles. The van der Waals surface area contributed by atoms with E-state index in [4.69, 9.17) is 0 Å². The van der Waals surface area contributed by atoms with Gasteiger partial charge in [0.25, 0.3) is 0 Å². The first-order valence-electron chi connectivity index (χ1n) is 7.70. The van der Waals surface area contributed by atoms with Gasteiger partial charge in [-0.15, -0.1) is 11.8 Å². The van der Waals surface area contributed by atoms with Gasteiger partial charge >= 0.3 is 6.18 Å². The number of benzene rings is 2. The number of hydrogen-bond acceptors (Lipinski definition) is 5. The smallest absolute Gasteiger partial charge is 0.418 e. The Morgan fingerprint density at radius 2 is 1.70 bits per heavy atom. The van der Waals surface area contributed by atoms with Crippen molar-refractivity contribution in [1.29, 1.82) is 0 Å². The molecule has 0 spiro atoms. The average Bonchev–Trinajstić information content (AvgIpc) is 2.88. The minimum atomic E-state index is -4.73. The lowest BCUT2D eigenvalue weighted by molar-refractivity contribution is -0.255. The lowest BCUT2D eigenvalue weighted by atomic mass is 10.1. The molecule has 9 heteroatoms. The molecule has 0 bridgehead atoms. The van der Waals surface area contributed by atoms with Gasteiger partial charge in [0.15, 0.2) is 0 Å². The second-order valence-corrected chi connectivity index (χ2v) is 6.92. The second-order valence-electron chi connectivity index (χ2n) is 5.68. The number of rotatable bonds is 4. The molecule has 3 rings (SSSR count). The van der Waals surface area contributed by atoms with E-state index < -0.39 is 40.5 Å². The number of amides is 2. The van der Waals surface area contributed by atoms with Crippen LogP contribution >= 0.6 is 11.8 Å². The highest BCUT2D eigenvalue weighted by molar-refractivity contribution is 8.00. The maximum absolute atomic E-state index is 13.2. The highest BCUT2D eigenvalue weighted by Crippen LogP contribution is 2.40. The molecule has 140 valence electrons. The molecule has 2 amide bonds. The van der Waals surface area contributed by atoms with Gasteiger partial charge in [-0.2, -0.15) is 13.2 Å². The molecule has 2 aromatic rings. The number of imide groups is 1. The zero-order valence-electron chi connectivity index (χ0n) is 13.5. The Morgan fingerprint density at radius 1 is 1.07 bits per heavy atom. The summed E-state index contributed by atoms with van der Waals surface area (Å²) in [7, 11) is 0. The zero-order chi connectivity index (χ0) is 19.8. The van der Waals surface area contributed by atoms with E-state index in [0.717, 1.165) is 23.9 Å². The Labute approximate surface area is 155 Å². The van der Waals surface area contributed by atoms with Gasteiger partial charge in [-0.1, -0.05) is 30.3 Å². The topological polar surface area (TPSA) is 77.5 Å². The van der Waals surface area contributed by atoms with E-state index in [-0.39, 0.29) is 16.9 Å². The Hall–Kier alpha value is -2.81. The largest absolute Gasteiger partial charge is 0.545 e. The number of aromatic carboxylic acids is 1. The van der Waals surface area contributed by atoms with E-state index >= 15 is 0 Å². The van der Waals surface area contributed by atoms with Crippen molar-refractivity contribution in [1.82, 2.24) is 0 Å². The molecular weight excluding hydrogens is 383 g/mol. The van der Waals surface area contributed by atoms with Gasteiger partial charge in [-0.3, -0.25) is 9.59 Å². The van der Waals surface area contributed by atoms with Crippen LogP contribution in [0.1, 0.15) is 22.3 Å². The van der Waals surface area contributed by atoms with E-state index in [2.05, 4.69) is 0 Å². The molecule has 1 aliphatic heterocycles. The molecule has 0 saturated carbocycles. The van der Waals surface area contributed by atoms with Gasteiger partial charge in [-0.05, 0) is 18.2 Å². The minimum Gasteiger partial charge on any atom is -0.545 e. The van der Waals surface area contributed by atoms with E-state index in [9.17, 15) is 32.7 Å². The van der Waals surface area contributed by atoms with Crippen LogP contribution in [0.5, 0.6) is 0 Å².